The molecule has 1 nitrogen and oxygen atoms in total. The third-order valence-corrected chi connectivity index (χ3v) is 3.44. The van der Waals surface area contributed by atoms with E-state index in [1.807, 2.05) is 6.92 Å². The molecule has 88 valence electrons. The van der Waals surface area contributed by atoms with Crippen LogP contribution in [-0.2, 0) is 0 Å². The van der Waals surface area contributed by atoms with E-state index in [-0.39, 0.29) is 11.5 Å². The van der Waals surface area contributed by atoms with E-state index in [9.17, 15) is 8.78 Å². The number of hydrogen-bond acceptors (Lipinski definition) is 1. The third kappa shape index (κ3) is 1.96. The molecule has 0 radical (unpaired) electrons. The molecule has 1 fully saturated rings. The van der Waals surface area contributed by atoms with Gasteiger partial charge < -0.3 is 5.32 Å². The van der Waals surface area contributed by atoms with E-state index < -0.39 is 11.6 Å². The fraction of sp³-hybridized carbons (Fsp3) is 0.538. The lowest BCUT2D eigenvalue weighted by Gasteiger charge is -2.25. The first-order chi connectivity index (χ1) is 7.58. The van der Waals surface area contributed by atoms with Gasteiger partial charge in [0.25, 0.3) is 0 Å². The van der Waals surface area contributed by atoms with Crippen LogP contribution in [0.15, 0.2) is 18.2 Å². The molecule has 16 heavy (non-hydrogen) atoms. The second-order valence-corrected chi connectivity index (χ2v) is 4.79. The topological polar surface area (TPSA) is 12.0 Å². The van der Waals surface area contributed by atoms with Gasteiger partial charge in [0.2, 0.25) is 0 Å². The summed E-state index contributed by atoms with van der Waals surface area (Å²) in [5, 5.41) is 3.26. The average molecular weight is 225 g/mol. The summed E-state index contributed by atoms with van der Waals surface area (Å²) < 4.78 is 26.9. The summed E-state index contributed by atoms with van der Waals surface area (Å²) in [6, 6.07) is 4.34. The summed E-state index contributed by atoms with van der Waals surface area (Å²) in [4.78, 5) is 0. The van der Waals surface area contributed by atoms with Crippen molar-refractivity contribution in [1.82, 2.24) is 5.32 Å². The van der Waals surface area contributed by atoms with Gasteiger partial charge in [-0.25, -0.2) is 8.78 Å². The summed E-state index contributed by atoms with van der Waals surface area (Å²) >= 11 is 0. The van der Waals surface area contributed by atoms with Gasteiger partial charge in [0, 0.05) is 11.6 Å². The van der Waals surface area contributed by atoms with E-state index in [0.717, 1.165) is 25.5 Å². The Balaban J connectivity index is 2.35. The first-order valence-electron chi connectivity index (χ1n) is 5.76. The Morgan fingerprint density at radius 2 is 2.06 bits per heavy atom. The minimum atomic E-state index is -0.760. The molecule has 0 aromatic heterocycles. The summed E-state index contributed by atoms with van der Waals surface area (Å²) in [7, 11) is 0. The smallest absolute Gasteiger partial charge is 0.163 e. The van der Waals surface area contributed by atoms with Crippen LogP contribution < -0.4 is 5.32 Å². The van der Waals surface area contributed by atoms with Gasteiger partial charge in [-0.1, -0.05) is 26.0 Å². The van der Waals surface area contributed by atoms with E-state index in [4.69, 9.17) is 0 Å². The Bertz CT molecular complexity index is 386. The van der Waals surface area contributed by atoms with E-state index >= 15 is 0 Å². The predicted molar refractivity (Wildman–Crippen MR) is 60.1 cm³/mol. The summed E-state index contributed by atoms with van der Waals surface area (Å²) in [6.45, 7) is 4.86. The van der Waals surface area contributed by atoms with Gasteiger partial charge in [0.05, 0.1) is 0 Å². The van der Waals surface area contributed by atoms with Crippen molar-refractivity contribution >= 4 is 0 Å². The number of halogens is 2. The molecular formula is C13H17F2N. The fourth-order valence-corrected chi connectivity index (χ4v) is 2.17. The second-order valence-electron chi connectivity index (χ2n) is 4.79. The molecule has 3 heteroatoms. The Morgan fingerprint density at radius 3 is 2.62 bits per heavy atom. The van der Waals surface area contributed by atoms with Crippen molar-refractivity contribution in [2.24, 2.45) is 5.41 Å². The van der Waals surface area contributed by atoms with Gasteiger partial charge in [-0.15, -0.1) is 0 Å². The van der Waals surface area contributed by atoms with Gasteiger partial charge >= 0.3 is 0 Å². The molecule has 0 spiro atoms. The van der Waals surface area contributed by atoms with Crippen LogP contribution in [0.4, 0.5) is 8.78 Å². The van der Waals surface area contributed by atoms with Gasteiger partial charge in [-0.3, -0.25) is 0 Å². The molecule has 1 aromatic rings. The monoisotopic (exact) mass is 225 g/mol. The molecule has 1 saturated carbocycles. The largest absolute Gasteiger partial charge is 0.310 e. The van der Waals surface area contributed by atoms with Gasteiger partial charge in [0.15, 0.2) is 11.6 Å². The van der Waals surface area contributed by atoms with Crippen molar-refractivity contribution in [3.05, 3.63) is 35.4 Å². The van der Waals surface area contributed by atoms with Crippen molar-refractivity contribution in [2.75, 3.05) is 6.54 Å². The van der Waals surface area contributed by atoms with Gasteiger partial charge in [0.1, 0.15) is 0 Å². The van der Waals surface area contributed by atoms with E-state index in [2.05, 4.69) is 12.2 Å². The molecule has 1 unspecified atom stereocenters. The number of rotatable bonds is 4. The lowest BCUT2D eigenvalue weighted by atomic mass is 9.91. The minimum Gasteiger partial charge on any atom is -0.310 e. The van der Waals surface area contributed by atoms with Crippen molar-refractivity contribution in [2.45, 2.75) is 32.7 Å². The molecule has 0 amide bonds. The van der Waals surface area contributed by atoms with Crippen LogP contribution in [0.3, 0.4) is 0 Å². The highest BCUT2D eigenvalue weighted by molar-refractivity contribution is 5.26. The molecule has 1 aliphatic carbocycles. The standard InChI is InChI=1S/C13H17F2N/c1-3-16-12(13(2)7-8-13)9-5-4-6-10(14)11(9)15/h4-6,12,16H,3,7-8H2,1-2H3. The molecular weight excluding hydrogens is 208 g/mol. The van der Waals surface area contributed by atoms with Crippen molar-refractivity contribution < 1.29 is 8.78 Å². The van der Waals surface area contributed by atoms with Gasteiger partial charge in [-0.05, 0) is 30.9 Å². The first kappa shape index (κ1) is 11.5. The van der Waals surface area contributed by atoms with E-state index in [1.54, 1.807) is 12.1 Å². The fourth-order valence-electron chi connectivity index (χ4n) is 2.17. The minimum absolute atomic E-state index is 0.0757. The molecule has 0 heterocycles. The molecule has 1 N–H and O–H groups in total. The number of nitrogens with one attached hydrogen (secondary N) is 1. The first-order valence-corrected chi connectivity index (χ1v) is 5.76. The zero-order valence-electron chi connectivity index (χ0n) is 9.69. The van der Waals surface area contributed by atoms with Crippen LogP contribution in [-0.4, -0.2) is 6.54 Å². The maximum atomic E-state index is 13.7. The highest BCUT2D eigenvalue weighted by Crippen LogP contribution is 2.54. The zero-order chi connectivity index (χ0) is 11.8. The number of hydrogen-bond donors (Lipinski definition) is 1. The zero-order valence-corrected chi connectivity index (χ0v) is 9.69. The van der Waals surface area contributed by atoms with Crippen molar-refractivity contribution in [3.63, 3.8) is 0 Å². The SMILES string of the molecule is CCNC(c1cccc(F)c1F)C1(C)CC1. The highest BCUT2D eigenvalue weighted by Gasteiger charge is 2.46. The Morgan fingerprint density at radius 1 is 1.38 bits per heavy atom. The maximum Gasteiger partial charge on any atom is 0.163 e. The van der Waals surface area contributed by atoms with Crippen LogP contribution in [0, 0.1) is 17.0 Å². The summed E-state index contributed by atoms with van der Waals surface area (Å²) in [5.41, 5.74) is 0.548. The highest BCUT2D eigenvalue weighted by atomic mass is 19.2. The van der Waals surface area contributed by atoms with Crippen LogP contribution >= 0.6 is 0 Å². The lowest BCUT2D eigenvalue weighted by Crippen LogP contribution is -2.28. The Kier molecular flexibility index (Phi) is 2.98. The van der Waals surface area contributed by atoms with Gasteiger partial charge in [-0.2, -0.15) is 0 Å². The molecule has 1 aromatic carbocycles. The Hall–Kier alpha value is -0.960. The van der Waals surface area contributed by atoms with Crippen molar-refractivity contribution in [1.29, 1.82) is 0 Å². The Labute approximate surface area is 94.9 Å². The maximum absolute atomic E-state index is 13.7. The molecule has 1 aliphatic rings. The predicted octanol–water partition coefficient (Wildman–Crippen LogP) is 3.42. The lowest BCUT2D eigenvalue weighted by molar-refractivity contribution is 0.355. The summed E-state index contributed by atoms with van der Waals surface area (Å²) in [5.74, 6) is -1.47. The van der Waals surface area contributed by atoms with Crippen LogP contribution in [0.2, 0.25) is 0 Å². The third-order valence-electron chi connectivity index (χ3n) is 3.44. The number of benzene rings is 1. The molecule has 0 bridgehead atoms. The molecule has 0 aliphatic heterocycles. The van der Waals surface area contributed by atoms with Crippen LogP contribution in [0.5, 0.6) is 0 Å². The van der Waals surface area contributed by atoms with Crippen molar-refractivity contribution in [3.8, 4) is 0 Å². The molecule has 2 rings (SSSR count). The van der Waals surface area contributed by atoms with Crippen LogP contribution in [0.1, 0.15) is 38.3 Å². The second kappa shape index (κ2) is 4.13. The van der Waals surface area contributed by atoms with E-state index in [0.29, 0.717) is 5.56 Å². The quantitative estimate of drug-likeness (QED) is 0.828. The molecule has 1 atom stereocenters. The van der Waals surface area contributed by atoms with Crippen LogP contribution in [0.25, 0.3) is 0 Å². The normalized spacial score (nSPS) is 19.5. The average Bonchev–Trinajstić information content (AvgIpc) is 2.99. The van der Waals surface area contributed by atoms with E-state index in [1.165, 1.54) is 0 Å². The summed E-state index contributed by atoms with van der Waals surface area (Å²) in [6.07, 6.45) is 2.14. The molecule has 0 saturated heterocycles.